The lowest BCUT2D eigenvalue weighted by molar-refractivity contribution is -0.119. The number of carbonyl (C=O) groups excluding carboxylic acids is 1. The van der Waals surface area contributed by atoms with E-state index in [1.165, 1.54) is 34.6 Å². The Labute approximate surface area is 166 Å². The third-order valence-corrected chi connectivity index (χ3v) is 6.85. The molecule has 1 N–H and O–H groups in total. The Morgan fingerprint density at radius 2 is 1.69 bits per heavy atom. The number of hydrogen-bond acceptors (Lipinski definition) is 3. The van der Waals surface area contributed by atoms with Gasteiger partial charge in [-0.3, -0.25) is 4.79 Å². The third kappa shape index (κ3) is 4.00. The predicted molar refractivity (Wildman–Crippen MR) is 103 cm³/mol. The Kier molecular flexibility index (Phi) is 5.79. The van der Waals surface area contributed by atoms with Crippen molar-refractivity contribution >= 4 is 56.4 Å². The van der Waals surface area contributed by atoms with Crippen LogP contribution in [0.4, 0.5) is 5.69 Å². The van der Waals surface area contributed by atoms with E-state index in [0.717, 1.165) is 0 Å². The molecule has 1 unspecified atom stereocenters. The first kappa shape index (κ1) is 19.5. The van der Waals surface area contributed by atoms with Gasteiger partial charge in [0.2, 0.25) is 15.9 Å². The topological polar surface area (TPSA) is 66.5 Å². The van der Waals surface area contributed by atoms with Crippen molar-refractivity contribution in [3.63, 3.8) is 0 Å². The molecule has 1 aliphatic heterocycles. The molecule has 26 heavy (non-hydrogen) atoms. The minimum Gasteiger partial charge on any atom is -0.323 e. The molecule has 1 saturated heterocycles. The van der Waals surface area contributed by atoms with Crippen molar-refractivity contribution in [1.82, 2.24) is 4.31 Å². The molecule has 0 bridgehead atoms. The van der Waals surface area contributed by atoms with Gasteiger partial charge in [0.05, 0.1) is 15.6 Å². The molecule has 5 nitrogen and oxygen atoms in total. The Hall–Kier alpha value is -1.31. The quantitative estimate of drug-likeness (QED) is 0.775. The lowest BCUT2D eigenvalue weighted by atomic mass is 10.2. The summed E-state index contributed by atoms with van der Waals surface area (Å²) in [5, 5.41) is 3.86. The molecule has 3 rings (SSSR count). The molecule has 2 aromatic rings. The molecule has 1 fully saturated rings. The van der Waals surface area contributed by atoms with E-state index < -0.39 is 22.0 Å². The molecule has 138 valence electrons. The number of halogens is 3. The van der Waals surface area contributed by atoms with Gasteiger partial charge in [0.1, 0.15) is 6.04 Å². The molecular formula is C17H15Cl3N2O3S. The van der Waals surface area contributed by atoms with Gasteiger partial charge in [-0.15, -0.1) is 0 Å². The molecule has 9 heteroatoms. The monoisotopic (exact) mass is 432 g/mol. The fourth-order valence-electron chi connectivity index (χ4n) is 2.84. The third-order valence-electron chi connectivity index (χ3n) is 4.11. The number of hydrogen-bond donors (Lipinski definition) is 1. The van der Waals surface area contributed by atoms with E-state index in [4.69, 9.17) is 34.8 Å². The van der Waals surface area contributed by atoms with E-state index in [9.17, 15) is 13.2 Å². The van der Waals surface area contributed by atoms with Crippen molar-refractivity contribution in [1.29, 1.82) is 0 Å². The van der Waals surface area contributed by atoms with Crippen LogP contribution >= 0.6 is 34.8 Å². The average molecular weight is 434 g/mol. The van der Waals surface area contributed by atoms with Crippen LogP contribution < -0.4 is 5.32 Å². The van der Waals surface area contributed by atoms with Crippen LogP contribution in [0.1, 0.15) is 12.8 Å². The summed E-state index contributed by atoms with van der Waals surface area (Å²) in [6.07, 6.45) is 1.02. The molecule has 1 amide bonds. The van der Waals surface area contributed by atoms with Crippen LogP contribution in [-0.4, -0.2) is 31.2 Å². The molecule has 0 saturated carbocycles. The molecule has 2 aromatic carbocycles. The predicted octanol–water partition coefficient (Wildman–Crippen LogP) is 4.44. The average Bonchev–Trinajstić information content (AvgIpc) is 3.09. The number of rotatable bonds is 4. The van der Waals surface area contributed by atoms with Crippen LogP contribution in [-0.2, 0) is 14.8 Å². The lowest BCUT2D eigenvalue weighted by Crippen LogP contribution is -2.43. The van der Waals surface area contributed by atoms with Crippen LogP contribution in [0.3, 0.4) is 0 Å². The van der Waals surface area contributed by atoms with E-state index in [0.29, 0.717) is 33.6 Å². The maximum atomic E-state index is 12.9. The van der Waals surface area contributed by atoms with Crippen LogP contribution in [0.15, 0.2) is 47.4 Å². The molecular weight excluding hydrogens is 419 g/mol. The van der Waals surface area contributed by atoms with Gasteiger partial charge >= 0.3 is 0 Å². The van der Waals surface area contributed by atoms with Crippen molar-refractivity contribution in [3.05, 3.63) is 57.5 Å². The minimum atomic E-state index is -3.81. The first-order valence-electron chi connectivity index (χ1n) is 7.82. The lowest BCUT2D eigenvalue weighted by Gasteiger charge is -2.23. The molecule has 1 aliphatic rings. The number of nitrogens with zero attached hydrogens (tertiary/aromatic N) is 1. The highest BCUT2D eigenvalue weighted by Crippen LogP contribution is 2.30. The van der Waals surface area contributed by atoms with Crippen molar-refractivity contribution in [2.75, 3.05) is 11.9 Å². The number of amides is 1. The highest BCUT2D eigenvalue weighted by Gasteiger charge is 2.39. The first-order valence-corrected chi connectivity index (χ1v) is 10.4. The van der Waals surface area contributed by atoms with Crippen LogP contribution in [0.5, 0.6) is 0 Å². The second-order valence-corrected chi connectivity index (χ2v) is 9.01. The van der Waals surface area contributed by atoms with Crippen LogP contribution in [0, 0.1) is 0 Å². The van der Waals surface area contributed by atoms with Crippen molar-refractivity contribution in [2.24, 2.45) is 0 Å². The number of benzene rings is 2. The molecule has 0 radical (unpaired) electrons. The summed E-state index contributed by atoms with van der Waals surface area (Å²) in [4.78, 5) is 12.8. The smallest absolute Gasteiger partial charge is 0.243 e. The van der Waals surface area contributed by atoms with Gasteiger partial charge in [-0.05, 0) is 55.3 Å². The summed E-state index contributed by atoms with van der Waals surface area (Å²) in [6.45, 7) is 0.270. The summed E-state index contributed by atoms with van der Waals surface area (Å²) in [5.74, 6) is -0.441. The Morgan fingerprint density at radius 1 is 1.04 bits per heavy atom. The summed E-state index contributed by atoms with van der Waals surface area (Å²) in [6, 6.07) is 9.75. The van der Waals surface area contributed by atoms with Gasteiger partial charge in [-0.1, -0.05) is 34.8 Å². The Morgan fingerprint density at radius 3 is 2.38 bits per heavy atom. The Bertz CT molecular complexity index is 933. The van der Waals surface area contributed by atoms with E-state index in [1.807, 2.05) is 0 Å². The first-order chi connectivity index (χ1) is 12.3. The number of carbonyl (C=O) groups is 1. The van der Waals surface area contributed by atoms with Gasteiger partial charge in [0, 0.05) is 16.6 Å². The second-order valence-electron chi connectivity index (χ2n) is 5.84. The summed E-state index contributed by atoms with van der Waals surface area (Å²) < 4.78 is 27.0. The largest absolute Gasteiger partial charge is 0.323 e. The van der Waals surface area contributed by atoms with E-state index in [2.05, 4.69) is 5.32 Å². The van der Waals surface area contributed by atoms with Gasteiger partial charge in [-0.25, -0.2) is 8.42 Å². The fourth-order valence-corrected chi connectivity index (χ4v) is 4.96. The Balaban J connectivity index is 1.84. The van der Waals surface area contributed by atoms with E-state index in [1.54, 1.807) is 12.1 Å². The number of sulfonamides is 1. The van der Waals surface area contributed by atoms with E-state index >= 15 is 0 Å². The van der Waals surface area contributed by atoms with Gasteiger partial charge in [0.25, 0.3) is 0 Å². The standard InChI is InChI=1S/C17H15Cl3N2O3S/c18-11-3-6-13(7-4-11)26(24,25)22-9-1-2-16(22)17(23)21-15-10-12(19)5-8-14(15)20/h3-8,10,16H,1-2,9H2,(H,21,23). The fraction of sp³-hybridized carbons (Fsp3) is 0.235. The maximum absolute atomic E-state index is 12.9. The van der Waals surface area contributed by atoms with Crippen molar-refractivity contribution < 1.29 is 13.2 Å². The van der Waals surface area contributed by atoms with Gasteiger partial charge < -0.3 is 5.32 Å². The summed E-state index contributed by atoms with van der Waals surface area (Å²) in [7, 11) is -3.81. The molecule has 0 aromatic heterocycles. The number of anilines is 1. The summed E-state index contributed by atoms with van der Waals surface area (Å²) in [5.41, 5.74) is 0.347. The van der Waals surface area contributed by atoms with Gasteiger partial charge in [0.15, 0.2) is 0 Å². The molecule has 1 heterocycles. The highest BCUT2D eigenvalue weighted by atomic mass is 35.5. The molecule has 0 spiro atoms. The van der Waals surface area contributed by atoms with Gasteiger partial charge in [-0.2, -0.15) is 4.31 Å². The molecule has 1 atom stereocenters. The van der Waals surface area contributed by atoms with Crippen LogP contribution in [0.25, 0.3) is 0 Å². The SMILES string of the molecule is O=C(Nc1cc(Cl)ccc1Cl)C1CCCN1S(=O)(=O)c1ccc(Cl)cc1. The maximum Gasteiger partial charge on any atom is 0.243 e. The minimum absolute atomic E-state index is 0.0994. The van der Waals surface area contributed by atoms with Crippen molar-refractivity contribution in [2.45, 2.75) is 23.8 Å². The highest BCUT2D eigenvalue weighted by molar-refractivity contribution is 7.89. The zero-order valence-corrected chi connectivity index (χ0v) is 16.5. The van der Waals surface area contributed by atoms with E-state index in [-0.39, 0.29) is 11.4 Å². The molecule has 0 aliphatic carbocycles. The van der Waals surface area contributed by atoms with Crippen molar-refractivity contribution in [3.8, 4) is 0 Å². The zero-order chi connectivity index (χ0) is 18.9. The summed E-state index contributed by atoms with van der Waals surface area (Å²) >= 11 is 17.8. The van der Waals surface area contributed by atoms with Crippen LogP contribution in [0.2, 0.25) is 15.1 Å². The second kappa shape index (κ2) is 7.74. The number of nitrogens with one attached hydrogen (secondary N) is 1. The normalized spacial score (nSPS) is 18.0. The zero-order valence-electron chi connectivity index (χ0n) is 13.5.